The lowest BCUT2D eigenvalue weighted by atomic mass is 9.97. The largest absolute Gasteiger partial charge is 0.309 e. The third-order valence-corrected chi connectivity index (χ3v) is 5.82. The molecular weight excluding hydrogens is 327 g/mol. The Labute approximate surface area is 136 Å². The molecule has 0 aliphatic carbocycles. The van der Waals surface area contributed by atoms with Gasteiger partial charge in [0, 0.05) is 7.05 Å². The standard InChI is InChI=1S/C15H14Cl2N2OS/c1-18-15-9-5-3-4-6-13(9)19(2)21(20)14-8-12(17)11(16)7-10(14)15/h3-8,15,18H,1-2H3. The number of benzene rings is 2. The van der Waals surface area contributed by atoms with E-state index in [0.29, 0.717) is 14.9 Å². The monoisotopic (exact) mass is 340 g/mol. The number of hydrogen-bond donors (Lipinski definition) is 1. The predicted molar refractivity (Wildman–Crippen MR) is 88.6 cm³/mol. The van der Waals surface area contributed by atoms with E-state index >= 15 is 0 Å². The van der Waals surface area contributed by atoms with Gasteiger partial charge in [-0.15, -0.1) is 0 Å². The van der Waals surface area contributed by atoms with Gasteiger partial charge in [-0.1, -0.05) is 41.4 Å². The van der Waals surface area contributed by atoms with Gasteiger partial charge in [0.25, 0.3) is 0 Å². The van der Waals surface area contributed by atoms with Gasteiger partial charge in [-0.3, -0.25) is 4.31 Å². The summed E-state index contributed by atoms with van der Waals surface area (Å²) in [5.74, 6) is 0. The highest BCUT2D eigenvalue weighted by molar-refractivity contribution is 7.86. The van der Waals surface area contributed by atoms with Gasteiger partial charge in [-0.2, -0.15) is 0 Å². The number of para-hydroxylation sites is 1. The average Bonchev–Trinajstić information content (AvgIpc) is 2.57. The van der Waals surface area contributed by atoms with Crippen molar-refractivity contribution in [3.63, 3.8) is 0 Å². The van der Waals surface area contributed by atoms with Crippen LogP contribution in [0.4, 0.5) is 5.69 Å². The zero-order valence-corrected chi connectivity index (χ0v) is 13.9. The summed E-state index contributed by atoms with van der Waals surface area (Å²) in [4.78, 5) is 0.683. The van der Waals surface area contributed by atoms with Crippen LogP contribution in [0.5, 0.6) is 0 Å². The first-order valence-corrected chi connectivity index (χ1v) is 8.31. The molecule has 110 valence electrons. The molecule has 3 nitrogen and oxygen atoms in total. The van der Waals surface area contributed by atoms with Crippen molar-refractivity contribution in [3.8, 4) is 0 Å². The van der Waals surface area contributed by atoms with Crippen LogP contribution in [0.25, 0.3) is 0 Å². The molecule has 0 spiro atoms. The normalized spacial score (nSPS) is 20.7. The fraction of sp³-hybridized carbons (Fsp3) is 0.200. The Bertz CT molecular complexity index is 736. The molecule has 0 fully saturated rings. The predicted octanol–water partition coefficient (Wildman–Crippen LogP) is 3.77. The molecule has 3 rings (SSSR count). The van der Waals surface area contributed by atoms with Gasteiger partial charge in [0.15, 0.2) is 11.0 Å². The fourth-order valence-electron chi connectivity index (χ4n) is 2.65. The van der Waals surface area contributed by atoms with E-state index in [1.165, 1.54) is 0 Å². The van der Waals surface area contributed by atoms with Gasteiger partial charge in [-0.25, -0.2) is 4.21 Å². The SMILES string of the molecule is CNC1c2ccccc2N(C)S(=O)c2cc(Cl)c(Cl)cc21. The zero-order valence-electron chi connectivity index (χ0n) is 11.6. The minimum atomic E-state index is -1.33. The maximum absolute atomic E-state index is 12.8. The summed E-state index contributed by atoms with van der Waals surface area (Å²) in [6.07, 6.45) is 0. The molecule has 1 aliphatic rings. The highest BCUT2D eigenvalue weighted by atomic mass is 35.5. The molecular formula is C15H14Cl2N2OS. The first kappa shape index (κ1) is 14.9. The third kappa shape index (κ3) is 2.36. The van der Waals surface area contributed by atoms with Crippen LogP contribution < -0.4 is 9.62 Å². The van der Waals surface area contributed by atoms with Crippen molar-refractivity contribution in [3.05, 3.63) is 57.6 Å². The van der Waals surface area contributed by atoms with E-state index in [2.05, 4.69) is 5.32 Å². The zero-order chi connectivity index (χ0) is 15.1. The molecule has 0 saturated heterocycles. The molecule has 0 amide bonds. The average molecular weight is 341 g/mol. The van der Waals surface area contributed by atoms with E-state index < -0.39 is 11.0 Å². The molecule has 0 radical (unpaired) electrons. The van der Waals surface area contributed by atoms with Crippen LogP contribution in [0.2, 0.25) is 10.0 Å². The molecule has 0 aromatic heterocycles. The van der Waals surface area contributed by atoms with Crippen LogP contribution in [0, 0.1) is 0 Å². The molecule has 1 N–H and O–H groups in total. The van der Waals surface area contributed by atoms with Crippen LogP contribution in [0.15, 0.2) is 41.3 Å². The summed E-state index contributed by atoms with van der Waals surface area (Å²) in [6, 6.07) is 11.3. The molecule has 6 heteroatoms. The molecule has 0 bridgehead atoms. The second-order valence-corrected chi connectivity index (χ2v) is 7.13. The highest BCUT2D eigenvalue weighted by Crippen LogP contribution is 2.40. The Hall–Kier alpha value is -1.07. The lowest BCUT2D eigenvalue weighted by Gasteiger charge is -2.20. The van der Waals surface area contributed by atoms with Crippen LogP contribution in [0.1, 0.15) is 17.2 Å². The first-order chi connectivity index (χ1) is 10.0. The van der Waals surface area contributed by atoms with Crippen LogP contribution in [0.3, 0.4) is 0 Å². The number of rotatable bonds is 1. The Kier molecular flexibility index (Phi) is 3.97. The highest BCUT2D eigenvalue weighted by Gasteiger charge is 2.30. The summed E-state index contributed by atoms with van der Waals surface area (Å²) < 4.78 is 14.6. The summed E-state index contributed by atoms with van der Waals surface area (Å²) >= 11 is 12.3. The van der Waals surface area contributed by atoms with Crippen molar-refractivity contribution >= 4 is 39.9 Å². The molecule has 21 heavy (non-hydrogen) atoms. The van der Waals surface area contributed by atoms with Crippen LogP contribution >= 0.6 is 23.2 Å². The van der Waals surface area contributed by atoms with E-state index in [1.54, 1.807) is 16.4 Å². The van der Waals surface area contributed by atoms with E-state index in [4.69, 9.17) is 23.2 Å². The van der Waals surface area contributed by atoms with E-state index in [-0.39, 0.29) is 6.04 Å². The van der Waals surface area contributed by atoms with Crippen LogP contribution in [-0.2, 0) is 11.0 Å². The van der Waals surface area contributed by atoms with Gasteiger partial charge >= 0.3 is 0 Å². The van der Waals surface area contributed by atoms with E-state index in [1.807, 2.05) is 38.4 Å². The third-order valence-electron chi connectivity index (χ3n) is 3.68. The number of hydrogen-bond acceptors (Lipinski definition) is 2. The summed E-state index contributed by atoms with van der Waals surface area (Å²) in [5.41, 5.74) is 2.88. The quantitative estimate of drug-likeness (QED) is 0.856. The minimum absolute atomic E-state index is 0.0835. The fourth-order valence-corrected chi connectivity index (χ4v) is 4.29. The summed E-state index contributed by atoms with van der Waals surface area (Å²) in [6.45, 7) is 0. The van der Waals surface area contributed by atoms with Crippen LogP contribution in [-0.4, -0.2) is 18.3 Å². The number of nitrogens with zero attached hydrogens (tertiary/aromatic N) is 1. The van der Waals surface area contributed by atoms with Crippen molar-refractivity contribution in [1.82, 2.24) is 5.32 Å². The van der Waals surface area contributed by atoms with Gasteiger partial charge in [-0.05, 0) is 36.4 Å². The number of halogens is 2. The topological polar surface area (TPSA) is 32.3 Å². The Morgan fingerprint density at radius 2 is 1.81 bits per heavy atom. The Balaban J connectivity index is 2.34. The minimum Gasteiger partial charge on any atom is -0.309 e. The van der Waals surface area contributed by atoms with Crippen molar-refractivity contribution in [2.75, 3.05) is 18.4 Å². The molecule has 2 aromatic carbocycles. The molecule has 2 atom stereocenters. The second-order valence-electron chi connectivity index (χ2n) is 4.83. The van der Waals surface area contributed by atoms with Crippen molar-refractivity contribution < 1.29 is 4.21 Å². The second kappa shape index (κ2) is 5.61. The molecule has 2 aromatic rings. The number of fused-ring (bicyclic) bond motifs is 2. The molecule has 1 heterocycles. The van der Waals surface area contributed by atoms with Crippen molar-refractivity contribution in [2.24, 2.45) is 0 Å². The Morgan fingerprint density at radius 3 is 2.52 bits per heavy atom. The molecule has 0 saturated carbocycles. The maximum Gasteiger partial charge on any atom is 0.153 e. The first-order valence-electron chi connectivity index (χ1n) is 6.45. The van der Waals surface area contributed by atoms with Gasteiger partial charge in [0.2, 0.25) is 0 Å². The molecule has 1 aliphatic heterocycles. The van der Waals surface area contributed by atoms with Crippen molar-refractivity contribution in [2.45, 2.75) is 10.9 Å². The molecule has 2 unspecified atom stereocenters. The lowest BCUT2D eigenvalue weighted by molar-refractivity contribution is 0.672. The lowest BCUT2D eigenvalue weighted by Crippen LogP contribution is -2.20. The van der Waals surface area contributed by atoms with E-state index in [9.17, 15) is 4.21 Å². The summed E-state index contributed by atoms with van der Waals surface area (Å²) in [5, 5.41) is 4.16. The maximum atomic E-state index is 12.8. The van der Waals surface area contributed by atoms with E-state index in [0.717, 1.165) is 16.8 Å². The summed E-state index contributed by atoms with van der Waals surface area (Å²) in [7, 11) is 2.37. The number of anilines is 1. The van der Waals surface area contributed by atoms with Gasteiger partial charge < -0.3 is 5.32 Å². The van der Waals surface area contributed by atoms with Gasteiger partial charge in [0.05, 0.1) is 26.7 Å². The van der Waals surface area contributed by atoms with Gasteiger partial charge in [0.1, 0.15) is 0 Å². The van der Waals surface area contributed by atoms with Crippen molar-refractivity contribution in [1.29, 1.82) is 0 Å². The number of nitrogens with one attached hydrogen (secondary N) is 1. The smallest absolute Gasteiger partial charge is 0.153 e. The Morgan fingerprint density at radius 1 is 1.14 bits per heavy atom.